The summed E-state index contributed by atoms with van der Waals surface area (Å²) in [6, 6.07) is 7.48. The van der Waals surface area contributed by atoms with Gasteiger partial charge >= 0.3 is 6.18 Å². The van der Waals surface area contributed by atoms with Crippen molar-refractivity contribution in [2.75, 3.05) is 18.8 Å². The summed E-state index contributed by atoms with van der Waals surface area (Å²) in [6.07, 6.45) is -3.71. The Morgan fingerprint density at radius 2 is 1.95 bits per heavy atom. The molecule has 0 aromatic heterocycles. The van der Waals surface area contributed by atoms with E-state index in [0.29, 0.717) is 18.8 Å². The molecule has 0 fully saturated rings. The third kappa shape index (κ3) is 7.06. The molecule has 0 aliphatic carbocycles. The first-order valence-electron chi connectivity index (χ1n) is 6.54. The fraction of sp³-hybridized carbons (Fsp3) is 0.571. The molecule has 0 saturated heterocycles. The van der Waals surface area contributed by atoms with E-state index >= 15 is 0 Å². The van der Waals surface area contributed by atoms with Crippen molar-refractivity contribution in [1.29, 1.82) is 0 Å². The molecule has 1 aromatic rings. The van der Waals surface area contributed by atoms with Crippen LogP contribution in [0.25, 0.3) is 0 Å². The van der Waals surface area contributed by atoms with Gasteiger partial charge in [0.1, 0.15) is 0 Å². The Kier molecular flexibility index (Phi) is 6.15. The van der Waals surface area contributed by atoms with Crippen LogP contribution in [0.2, 0.25) is 0 Å². The van der Waals surface area contributed by atoms with Crippen molar-refractivity contribution in [3.63, 3.8) is 0 Å². The van der Waals surface area contributed by atoms with Gasteiger partial charge in [-0.3, -0.25) is 4.90 Å². The fourth-order valence-electron chi connectivity index (χ4n) is 2.04. The minimum atomic E-state index is -4.06. The van der Waals surface area contributed by atoms with Gasteiger partial charge in [0.2, 0.25) is 0 Å². The van der Waals surface area contributed by atoms with Gasteiger partial charge < -0.3 is 5.73 Å². The van der Waals surface area contributed by atoms with Crippen molar-refractivity contribution in [2.24, 2.45) is 0 Å². The van der Waals surface area contributed by atoms with Crippen LogP contribution in [0.4, 0.5) is 18.9 Å². The van der Waals surface area contributed by atoms with Crippen LogP contribution < -0.4 is 5.73 Å². The van der Waals surface area contributed by atoms with Gasteiger partial charge in [-0.25, -0.2) is 0 Å². The van der Waals surface area contributed by atoms with Crippen LogP contribution in [0.1, 0.15) is 31.7 Å². The molecule has 0 saturated carbocycles. The predicted octanol–water partition coefficient (Wildman–Crippen LogP) is 3.82. The number of anilines is 1. The van der Waals surface area contributed by atoms with E-state index in [-0.39, 0.29) is 6.42 Å². The molecule has 5 heteroatoms. The smallest absolute Gasteiger partial charge is 0.389 e. The van der Waals surface area contributed by atoms with Gasteiger partial charge in [0.05, 0.1) is 0 Å². The number of alkyl halides is 3. The highest BCUT2D eigenvalue weighted by molar-refractivity contribution is 5.40. The Hall–Kier alpha value is -1.23. The Morgan fingerprint density at radius 3 is 2.53 bits per heavy atom. The summed E-state index contributed by atoms with van der Waals surface area (Å²) in [4.78, 5) is 2.04. The second-order valence-corrected chi connectivity index (χ2v) is 4.74. The molecule has 2 N–H and O–H groups in total. The zero-order valence-corrected chi connectivity index (χ0v) is 11.2. The number of nitrogen functional groups attached to an aromatic ring is 1. The van der Waals surface area contributed by atoms with Crippen molar-refractivity contribution in [3.8, 4) is 0 Å². The highest BCUT2D eigenvalue weighted by atomic mass is 19.4. The minimum Gasteiger partial charge on any atom is -0.399 e. The Balaban J connectivity index is 2.48. The highest BCUT2D eigenvalue weighted by Crippen LogP contribution is 2.21. The molecule has 0 spiro atoms. The maximum Gasteiger partial charge on any atom is 0.389 e. The lowest BCUT2D eigenvalue weighted by Gasteiger charge is -2.22. The Bertz CT molecular complexity index is 377. The average molecular weight is 274 g/mol. The van der Waals surface area contributed by atoms with E-state index in [4.69, 9.17) is 5.73 Å². The van der Waals surface area contributed by atoms with Crippen LogP contribution in [0.15, 0.2) is 24.3 Å². The largest absolute Gasteiger partial charge is 0.399 e. The van der Waals surface area contributed by atoms with Crippen LogP contribution in [-0.4, -0.2) is 24.2 Å². The Labute approximate surface area is 112 Å². The second-order valence-electron chi connectivity index (χ2n) is 4.74. The molecule has 0 aliphatic heterocycles. The molecular weight excluding hydrogens is 253 g/mol. The van der Waals surface area contributed by atoms with Crippen molar-refractivity contribution < 1.29 is 13.2 Å². The first-order valence-corrected chi connectivity index (χ1v) is 6.54. The van der Waals surface area contributed by atoms with Crippen LogP contribution in [0.3, 0.4) is 0 Å². The zero-order valence-electron chi connectivity index (χ0n) is 11.2. The van der Waals surface area contributed by atoms with E-state index in [1.807, 2.05) is 30.0 Å². The van der Waals surface area contributed by atoms with Crippen LogP contribution in [0, 0.1) is 0 Å². The number of hydrogen-bond acceptors (Lipinski definition) is 2. The van der Waals surface area contributed by atoms with Gasteiger partial charge in [0.15, 0.2) is 0 Å². The highest BCUT2D eigenvalue weighted by Gasteiger charge is 2.26. The van der Waals surface area contributed by atoms with Crippen molar-refractivity contribution in [3.05, 3.63) is 29.8 Å². The van der Waals surface area contributed by atoms with Crippen LogP contribution >= 0.6 is 0 Å². The van der Waals surface area contributed by atoms with Crippen molar-refractivity contribution in [1.82, 2.24) is 4.90 Å². The molecule has 2 nitrogen and oxygen atoms in total. The normalized spacial score (nSPS) is 12.1. The summed E-state index contributed by atoms with van der Waals surface area (Å²) in [5.41, 5.74) is 7.42. The molecule has 108 valence electrons. The molecule has 19 heavy (non-hydrogen) atoms. The van der Waals surface area contributed by atoms with E-state index in [0.717, 1.165) is 18.5 Å². The lowest BCUT2D eigenvalue weighted by molar-refractivity contribution is -0.136. The van der Waals surface area contributed by atoms with Crippen molar-refractivity contribution >= 4 is 5.69 Å². The summed E-state index contributed by atoms with van der Waals surface area (Å²) in [7, 11) is 0. The van der Waals surface area contributed by atoms with Gasteiger partial charge in [-0.1, -0.05) is 19.1 Å². The first-order chi connectivity index (χ1) is 8.90. The summed E-state index contributed by atoms with van der Waals surface area (Å²) in [5.74, 6) is 0. The van der Waals surface area contributed by atoms with Crippen LogP contribution in [0.5, 0.6) is 0 Å². The predicted molar refractivity (Wildman–Crippen MR) is 71.7 cm³/mol. The third-order valence-corrected chi connectivity index (χ3v) is 2.83. The van der Waals surface area contributed by atoms with E-state index in [1.165, 1.54) is 0 Å². The van der Waals surface area contributed by atoms with Gasteiger partial charge in [-0.15, -0.1) is 0 Å². The van der Waals surface area contributed by atoms with Gasteiger partial charge in [0.25, 0.3) is 0 Å². The zero-order chi connectivity index (χ0) is 14.3. The molecule has 0 bridgehead atoms. The summed E-state index contributed by atoms with van der Waals surface area (Å²) < 4.78 is 36.4. The number of halogens is 3. The molecule has 1 aromatic carbocycles. The fourth-order valence-corrected chi connectivity index (χ4v) is 2.04. The molecule has 0 aliphatic rings. The number of nitrogens with zero attached hydrogens (tertiary/aromatic N) is 1. The minimum absolute atomic E-state index is 0.145. The van der Waals surface area contributed by atoms with E-state index in [1.54, 1.807) is 6.07 Å². The van der Waals surface area contributed by atoms with Gasteiger partial charge in [-0.05, 0) is 43.6 Å². The number of benzene rings is 1. The Morgan fingerprint density at radius 1 is 1.21 bits per heavy atom. The summed E-state index contributed by atoms with van der Waals surface area (Å²) in [6.45, 7) is 3.93. The number of nitrogens with two attached hydrogens (primary N) is 1. The van der Waals surface area contributed by atoms with Crippen LogP contribution in [-0.2, 0) is 6.54 Å². The number of hydrogen-bond donors (Lipinski definition) is 1. The molecule has 0 heterocycles. The molecule has 0 atom stereocenters. The SMILES string of the molecule is CCCN(CCCC(F)(F)F)Cc1cccc(N)c1. The standard InChI is InChI=1S/C14H21F3N2/c1-2-8-19(9-4-7-14(15,16)17)11-12-5-3-6-13(18)10-12/h3,5-6,10H,2,4,7-9,11,18H2,1H3. The summed E-state index contributed by atoms with van der Waals surface area (Å²) in [5, 5.41) is 0. The molecular formula is C14H21F3N2. The van der Waals surface area contributed by atoms with E-state index < -0.39 is 12.6 Å². The third-order valence-electron chi connectivity index (χ3n) is 2.83. The molecule has 0 amide bonds. The van der Waals surface area contributed by atoms with E-state index in [2.05, 4.69) is 0 Å². The second kappa shape index (κ2) is 7.38. The average Bonchev–Trinajstić information content (AvgIpc) is 2.27. The monoisotopic (exact) mass is 274 g/mol. The maximum atomic E-state index is 12.1. The maximum absolute atomic E-state index is 12.1. The first kappa shape index (κ1) is 15.8. The van der Waals surface area contributed by atoms with E-state index in [9.17, 15) is 13.2 Å². The quantitative estimate of drug-likeness (QED) is 0.766. The lowest BCUT2D eigenvalue weighted by Crippen LogP contribution is -2.26. The summed E-state index contributed by atoms with van der Waals surface area (Å²) >= 11 is 0. The van der Waals surface area contributed by atoms with Gasteiger partial charge in [-0.2, -0.15) is 13.2 Å². The number of rotatable bonds is 7. The molecule has 1 rings (SSSR count). The molecule has 0 radical (unpaired) electrons. The topological polar surface area (TPSA) is 29.3 Å². The molecule has 0 unspecified atom stereocenters. The lowest BCUT2D eigenvalue weighted by atomic mass is 10.1. The van der Waals surface area contributed by atoms with Gasteiger partial charge in [0, 0.05) is 18.7 Å². The van der Waals surface area contributed by atoms with Crippen molar-refractivity contribution in [2.45, 2.75) is 38.9 Å².